The Kier molecular flexibility index (Phi) is 4.34. The molecule has 1 amide bonds. The molecule has 0 unspecified atom stereocenters. The molecule has 0 rings (SSSR count). The topological polar surface area (TPSA) is 81.4 Å². The SMILES string of the molecule is CNC(=O)[C@](N)(C(=O)OC(C)(C)C)C(C)(C)C. The molecular formula is C12H24N2O3. The molecule has 5 heteroatoms. The fourth-order valence-corrected chi connectivity index (χ4v) is 1.30. The lowest BCUT2D eigenvalue weighted by Gasteiger charge is -2.38. The highest BCUT2D eigenvalue weighted by molar-refractivity contribution is 6.08. The van der Waals surface area contributed by atoms with Crippen molar-refractivity contribution in [2.24, 2.45) is 11.1 Å². The third kappa shape index (κ3) is 3.43. The van der Waals surface area contributed by atoms with E-state index in [2.05, 4.69) is 5.32 Å². The number of amides is 1. The largest absolute Gasteiger partial charge is 0.458 e. The molecule has 0 bridgehead atoms. The summed E-state index contributed by atoms with van der Waals surface area (Å²) in [6.45, 7) is 10.4. The fraction of sp³-hybridized carbons (Fsp3) is 0.833. The summed E-state index contributed by atoms with van der Waals surface area (Å²) in [4.78, 5) is 24.0. The second kappa shape index (κ2) is 4.64. The van der Waals surface area contributed by atoms with Gasteiger partial charge in [-0.3, -0.25) is 4.79 Å². The molecule has 0 aliphatic rings. The highest BCUT2D eigenvalue weighted by Gasteiger charge is 2.53. The van der Waals surface area contributed by atoms with E-state index in [-0.39, 0.29) is 0 Å². The van der Waals surface area contributed by atoms with E-state index in [0.717, 1.165) is 0 Å². The number of hydrogen-bond acceptors (Lipinski definition) is 4. The number of hydrogen-bond donors (Lipinski definition) is 2. The first-order valence-electron chi connectivity index (χ1n) is 5.61. The Morgan fingerprint density at radius 3 is 1.71 bits per heavy atom. The Labute approximate surface area is 103 Å². The van der Waals surface area contributed by atoms with Gasteiger partial charge < -0.3 is 15.8 Å². The van der Waals surface area contributed by atoms with E-state index in [4.69, 9.17) is 10.5 Å². The molecule has 0 saturated carbocycles. The summed E-state index contributed by atoms with van der Waals surface area (Å²) < 4.78 is 5.23. The minimum Gasteiger partial charge on any atom is -0.458 e. The molecule has 0 spiro atoms. The van der Waals surface area contributed by atoms with E-state index < -0.39 is 28.4 Å². The third-order valence-electron chi connectivity index (χ3n) is 2.49. The predicted molar refractivity (Wildman–Crippen MR) is 66.3 cm³/mol. The second-order valence-electron chi connectivity index (χ2n) is 6.14. The van der Waals surface area contributed by atoms with Crippen LogP contribution in [0.4, 0.5) is 0 Å². The van der Waals surface area contributed by atoms with Crippen molar-refractivity contribution in [1.29, 1.82) is 0 Å². The summed E-state index contributed by atoms with van der Waals surface area (Å²) in [5.41, 5.74) is 2.87. The first-order chi connectivity index (χ1) is 7.36. The zero-order valence-corrected chi connectivity index (χ0v) is 11.8. The normalized spacial score (nSPS) is 16.0. The van der Waals surface area contributed by atoms with Crippen LogP contribution in [0.5, 0.6) is 0 Å². The standard InChI is InChI=1S/C12H24N2O3/c1-10(2,3)12(13,8(15)14-7)9(16)17-11(4,5)6/h13H2,1-7H3,(H,14,15)/t12-/m0/s1. The second-order valence-corrected chi connectivity index (χ2v) is 6.14. The van der Waals surface area contributed by atoms with E-state index in [1.165, 1.54) is 7.05 Å². The van der Waals surface area contributed by atoms with Gasteiger partial charge in [-0.1, -0.05) is 20.8 Å². The van der Waals surface area contributed by atoms with E-state index >= 15 is 0 Å². The predicted octanol–water partition coefficient (Wildman–Crippen LogP) is 0.818. The van der Waals surface area contributed by atoms with Crippen LogP contribution in [-0.4, -0.2) is 30.1 Å². The van der Waals surface area contributed by atoms with Gasteiger partial charge in [0.25, 0.3) is 5.91 Å². The molecule has 17 heavy (non-hydrogen) atoms. The van der Waals surface area contributed by atoms with Crippen molar-refractivity contribution in [3.8, 4) is 0 Å². The van der Waals surface area contributed by atoms with Crippen LogP contribution in [0.1, 0.15) is 41.5 Å². The number of nitrogens with one attached hydrogen (secondary N) is 1. The molecule has 0 aliphatic carbocycles. The summed E-state index contributed by atoms with van der Waals surface area (Å²) in [6, 6.07) is 0. The molecule has 0 saturated heterocycles. The summed E-state index contributed by atoms with van der Waals surface area (Å²) >= 11 is 0. The minimum atomic E-state index is -1.70. The molecule has 0 aliphatic heterocycles. The molecule has 0 aromatic rings. The van der Waals surface area contributed by atoms with Crippen LogP contribution in [0, 0.1) is 5.41 Å². The molecule has 0 radical (unpaired) electrons. The van der Waals surface area contributed by atoms with Crippen LogP contribution in [0.2, 0.25) is 0 Å². The van der Waals surface area contributed by atoms with Gasteiger partial charge in [-0.25, -0.2) is 4.79 Å². The maximum absolute atomic E-state index is 12.1. The number of esters is 1. The molecule has 0 fully saturated rings. The van der Waals surface area contributed by atoms with Crippen molar-refractivity contribution < 1.29 is 14.3 Å². The smallest absolute Gasteiger partial charge is 0.337 e. The lowest BCUT2D eigenvalue weighted by molar-refractivity contribution is -0.169. The van der Waals surface area contributed by atoms with Crippen LogP contribution in [0.15, 0.2) is 0 Å². The Balaban J connectivity index is 5.37. The van der Waals surface area contributed by atoms with Crippen molar-refractivity contribution in [1.82, 2.24) is 5.32 Å². The Morgan fingerprint density at radius 1 is 1.06 bits per heavy atom. The minimum absolute atomic E-state index is 0.542. The van der Waals surface area contributed by atoms with Gasteiger partial charge in [0.05, 0.1) is 0 Å². The average molecular weight is 244 g/mol. The van der Waals surface area contributed by atoms with Crippen molar-refractivity contribution in [3.63, 3.8) is 0 Å². The Bertz CT molecular complexity index is 313. The summed E-state index contributed by atoms with van der Waals surface area (Å²) in [6.07, 6.45) is 0. The van der Waals surface area contributed by atoms with Crippen molar-refractivity contribution >= 4 is 11.9 Å². The molecule has 0 aromatic heterocycles. The zero-order chi connectivity index (χ0) is 14.1. The van der Waals surface area contributed by atoms with Gasteiger partial charge in [0.2, 0.25) is 0 Å². The Hall–Kier alpha value is -1.10. The van der Waals surface area contributed by atoms with Gasteiger partial charge in [0, 0.05) is 7.05 Å². The van der Waals surface area contributed by atoms with Crippen LogP contribution in [0.3, 0.4) is 0 Å². The van der Waals surface area contributed by atoms with E-state index in [1.807, 2.05) is 0 Å². The number of carbonyl (C=O) groups excluding carboxylic acids is 2. The maximum atomic E-state index is 12.1. The van der Waals surface area contributed by atoms with E-state index in [9.17, 15) is 9.59 Å². The van der Waals surface area contributed by atoms with Crippen LogP contribution < -0.4 is 11.1 Å². The summed E-state index contributed by atoms with van der Waals surface area (Å²) in [5.74, 6) is -1.25. The summed E-state index contributed by atoms with van der Waals surface area (Å²) in [7, 11) is 1.44. The highest BCUT2D eigenvalue weighted by atomic mass is 16.6. The van der Waals surface area contributed by atoms with Crippen molar-refractivity contribution in [3.05, 3.63) is 0 Å². The molecule has 0 aromatic carbocycles. The number of ether oxygens (including phenoxy) is 1. The fourth-order valence-electron chi connectivity index (χ4n) is 1.30. The van der Waals surface area contributed by atoms with E-state index in [1.54, 1.807) is 41.5 Å². The number of nitrogens with two attached hydrogens (primary N) is 1. The molecule has 1 atom stereocenters. The Morgan fingerprint density at radius 2 is 1.47 bits per heavy atom. The number of likely N-dealkylation sites (N-methyl/N-ethyl adjacent to an activating group) is 1. The average Bonchev–Trinajstić information content (AvgIpc) is 2.10. The molecule has 100 valence electrons. The van der Waals surface area contributed by atoms with Gasteiger partial charge in [-0.05, 0) is 26.2 Å². The van der Waals surface area contributed by atoms with E-state index in [0.29, 0.717) is 0 Å². The van der Waals surface area contributed by atoms with Gasteiger partial charge in [0.1, 0.15) is 5.60 Å². The first-order valence-corrected chi connectivity index (χ1v) is 5.61. The lowest BCUT2D eigenvalue weighted by atomic mass is 9.73. The van der Waals surface area contributed by atoms with Crippen LogP contribution >= 0.6 is 0 Å². The quantitative estimate of drug-likeness (QED) is 0.556. The molecule has 3 N–H and O–H groups in total. The first kappa shape index (κ1) is 15.9. The maximum Gasteiger partial charge on any atom is 0.337 e. The lowest BCUT2D eigenvalue weighted by Crippen LogP contribution is -2.67. The van der Waals surface area contributed by atoms with Crippen LogP contribution in [-0.2, 0) is 14.3 Å². The molecular weight excluding hydrogens is 220 g/mol. The van der Waals surface area contributed by atoms with Gasteiger partial charge in [-0.15, -0.1) is 0 Å². The third-order valence-corrected chi connectivity index (χ3v) is 2.49. The summed E-state index contributed by atoms with van der Waals surface area (Å²) in [5, 5.41) is 2.41. The van der Waals surface area contributed by atoms with Crippen LogP contribution in [0.25, 0.3) is 0 Å². The number of rotatable bonds is 2. The molecule has 0 heterocycles. The molecule has 5 nitrogen and oxygen atoms in total. The van der Waals surface area contributed by atoms with Crippen molar-refractivity contribution in [2.45, 2.75) is 52.7 Å². The zero-order valence-electron chi connectivity index (χ0n) is 11.8. The van der Waals surface area contributed by atoms with Crippen molar-refractivity contribution in [2.75, 3.05) is 7.05 Å². The number of carbonyl (C=O) groups is 2. The van der Waals surface area contributed by atoms with Gasteiger partial charge in [-0.2, -0.15) is 0 Å². The highest BCUT2D eigenvalue weighted by Crippen LogP contribution is 2.31. The van der Waals surface area contributed by atoms with Gasteiger partial charge >= 0.3 is 5.97 Å². The van der Waals surface area contributed by atoms with Gasteiger partial charge in [0.15, 0.2) is 5.54 Å². The monoisotopic (exact) mass is 244 g/mol.